The van der Waals surface area contributed by atoms with Crippen LogP contribution in [-0.2, 0) is 14.8 Å². The molecule has 1 aliphatic heterocycles. The van der Waals surface area contributed by atoms with Gasteiger partial charge in [0.2, 0.25) is 0 Å². The number of hydrogen-bond donors (Lipinski definition) is 2. The van der Waals surface area contributed by atoms with Crippen molar-refractivity contribution in [3.8, 4) is 0 Å². The van der Waals surface area contributed by atoms with E-state index in [-0.39, 0.29) is 16.8 Å². The van der Waals surface area contributed by atoms with E-state index in [1.807, 2.05) is 0 Å². The molecule has 1 aromatic carbocycles. The minimum absolute atomic E-state index is 0.134. The van der Waals surface area contributed by atoms with Crippen molar-refractivity contribution in [2.24, 2.45) is 0 Å². The van der Waals surface area contributed by atoms with Crippen LogP contribution in [0.2, 0.25) is 5.02 Å². The van der Waals surface area contributed by atoms with Crippen LogP contribution in [0.5, 0.6) is 0 Å². The second-order valence-corrected chi connectivity index (χ2v) is 7.63. The Balaban J connectivity index is 1.61. The van der Waals surface area contributed by atoms with Crippen LogP contribution in [-0.4, -0.2) is 32.7 Å². The first-order valence-electron chi connectivity index (χ1n) is 7.63. The molecular weight excluding hydrogens is 350 g/mol. The van der Waals surface area contributed by atoms with Crippen LogP contribution >= 0.6 is 11.6 Å². The highest BCUT2D eigenvalue weighted by atomic mass is 35.5. The molecule has 0 aliphatic carbocycles. The van der Waals surface area contributed by atoms with Crippen LogP contribution in [0.15, 0.2) is 47.5 Å². The normalized spacial score (nSPS) is 17.6. The van der Waals surface area contributed by atoms with E-state index >= 15 is 0 Å². The molecule has 1 fully saturated rings. The Morgan fingerprint density at radius 3 is 2.62 bits per heavy atom. The Kier molecular flexibility index (Phi) is 5.23. The summed E-state index contributed by atoms with van der Waals surface area (Å²) in [5.74, 6) is 0.257. The minimum atomic E-state index is -3.68. The van der Waals surface area contributed by atoms with Crippen molar-refractivity contribution in [3.63, 3.8) is 0 Å². The highest BCUT2D eigenvalue weighted by molar-refractivity contribution is 7.92. The van der Waals surface area contributed by atoms with Gasteiger partial charge in [-0.05, 0) is 49.2 Å². The molecule has 0 radical (unpaired) electrons. The number of nitrogens with one attached hydrogen (secondary N) is 2. The van der Waals surface area contributed by atoms with Crippen molar-refractivity contribution in [1.29, 1.82) is 0 Å². The quantitative estimate of drug-likeness (QED) is 0.819. The first-order valence-corrected chi connectivity index (χ1v) is 9.49. The van der Waals surface area contributed by atoms with Crippen molar-refractivity contribution >= 4 is 33.1 Å². The molecule has 1 atom stereocenters. The Morgan fingerprint density at radius 1 is 1.21 bits per heavy atom. The van der Waals surface area contributed by atoms with Crippen LogP contribution in [0.1, 0.15) is 12.8 Å². The summed E-state index contributed by atoms with van der Waals surface area (Å²) in [6.45, 7) is 1.54. The van der Waals surface area contributed by atoms with Gasteiger partial charge in [-0.25, -0.2) is 13.4 Å². The van der Waals surface area contributed by atoms with Crippen LogP contribution in [0.3, 0.4) is 0 Å². The average molecular weight is 368 g/mol. The first kappa shape index (κ1) is 17.0. The second kappa shape index (κ2) is 7.38. The fourth-order valence-electron chi connectivity index (χ4n) is 2.41. The molecule has 0 saturated carbocycles. The smallest absolute Gasteiger partial charge is 0.263 e. The topological polar surface area (TPSA) is 80.3 Å². The lowest BCUT2D eigenvalue weighted by molar-refractivity contribution is 0.120. The molecule has 1 unspecified atom stereocenters. The largest absolute Gasteiger partial charge is 0.381 e. The number of ether oxygens (including phenoxy) is 1. The zero-order valence-electron chi connectivity index (χ0n) is 12.9. The fraction of sp³-hybridized carbons (Fsp3) is 0.312. The number of anilines is 2. The molecule has 3 rings (SSSR count). The minimum Gasteiger partial charge on any atom is -0.381 e. The summed E-state index contributed by atoms with van der Waals surface area (Å²) < 4.78 is 32.5. The molecule has 2 aromatic rings. The van der Waals surface area contributed by atoms with Gasteiger partial charge in [0.25, 0.3) is 10.0 Å². The molecule has 24 heavy (non-hydrogen) atoms. The van der Waals surface area contributed by atoms with Crippen molar-refractivity contribution in [3.05, 3.63) is 47.6 Å². The third kappa shape index (κ3) is 4.37. The number of halogens is 1. The monoisotopic (exact) mass is 367 g/mol. The first-order chi connectivity index (χ1) is 11.5. The SMILES string of the molecule is O=S(=O)(Nc1ccc(NCC2CCCO2)cn1)c1ccc(Cl)cc1. The number of rotatable bonds is 6. The Bertz CT molecular complexity index is 773. The van der Waals surface area contributed by atoms with Gasteiger partial charge in [0.1, 0.15) is 5.82 Å². The maximum atomic E-state index is 12.3. The second-order valence-electron chi connectivity index (χ2n) is 5.51. The van der Waals surface area contributed by atoms with Crippen molar-refractivity contribution in [2.75, 3.05) is 23.2 Å². The van der Waals surface area contributed by atoms with Gasteiger partial charge in [-0.3, -0.25) is 4.72 Å². The van der Waals surface area contributed by atoms with E-state index in [4.69, 9.17) is 16.3 Å². The number of sulfonamides is 1. The Labute approximate surface area is 146 Å². The van der Waals surface area contributed by atoms with E-state index in [0.717, 1.165) is 31.7 Å². The van der Waals surface area contributed by atoms with Crippen LogP contribution in [0, 0.1) is 0 Å². The van der Waals surface area contributed by atoms with Crippen molar-refractivity contribution < 1.29 is 13.2 Å². The standard InChI is InChI=1S/C16H18ClN3O3S/c17-12-3-6-15(7-4-12)24(21,22)20-16-8-5-13(10-19-16)18-11-14-2-1-9-23-14/h3-8,10,14,18H,1-2,9,11H2,(H,19,20). The average Bonchev–Trinajstić information content (AvgIpc) is 3.08. The van der Waals surface area contributed by atoms with E-state index in [0.29, 0.717) is 5.02 Å². The molecule has 8 heteroatoms. The van der Waals surface area contributed by atoms with Gasteiger partial charge in [0, 0.05) is 18.2 Å². The molecule has 6 nitrogen and oxygen atoms in total. The maximum absolute atomic E-state index is 12.3. The molecule has 2 N–H and O–H groups in total. The zero-order chi connectivity index (χ0) is 17.0. The van der Waals surface area contributed by atoms with Gasteiger partial charge in [-0.2, -0.15) is 0 Å². The van der Waals surface area contributed by atoms with Crippen molar-refractivity contribution in [2.45, 2.75) is 23.8 Å². The molecular formula is C16H18ClN3O3S. The lowest BCUT2D eigenvalue weighted by atomic mass is 10.2. The van der Waals surface area contributed by atoms with Gasteiger partial charge in [-0.15, -0.1) is 0 Å². The number of aromatic nitrogens is 1. The van der Waals surface area contributed by atoms with E-state index < -0.39 is 10.0 Å². The molecule has 1 saturated heterocycles. The summed E-state index contributed by atoms with van der Waals surface area (Å²) in [7, 11) is -3.68. The zero-order valence-corrected chi connectivity index (χ0v) is 14.5. The summed E-state index contributed by atoms with van der Waals surface area (Å²) in [6.07, 6.45) is 3.97. The molecule has 0 amide bonds. The highest BCUT2D eigenvalue weighted by Crippen LogP contribution is 2.18. The third-order valence-corrected chi connectivity index (χ3v) is 5.31. The summed E-state index contributed by atoms with van der Waals surface area (Å²) in [5.41, 5.74) is 0.819. The molecule has 0 bridgehead atoms. The highest BCUT2D eigenvalue weighted by Gasteiger charge is 2.16. The molecule has 2 heterocycles. The van der Waals surface area contributed by atoms with Gasteiger partial charge >= 0.3 is 0 Å². The lowest BCUT2D eigenvalue weighted by Crippen LogP contribution is -2.18. The summed E-state index contributed by atoms with van der Waals surface area (Å²) in [6, 6.07) is 9.35. The van der Waals surface area contributed by atoms with Crippen LogP contribution < -0.4 is 10.0 Å². The molecule has 128 valence electrons. The third-order valence-electron chi connectivity index (χ3n) is 3.68. The summed E-state index contributed by atoms with van der Waals surface area (Å²) >= 11 is 5.77. The molecule has 1 aromatic heterocycles. The van der Waals surface area contributed by atoms with E-state index in [1.165, 1.54) is 24.3 Å². The predicted octanol–water partition coefficient (Wildman–Crippen LogP) is 3.13. The van der Waals surface area contributed by atoms with E-state index in [2.05, 4.69) is 15.0 Å². The Morgan fingerprint density at radius 2 is 2.00 bits per heavy atom. The van der Waals surface area contributed by atoms with Crippen LogP contribution in [0.4, 0.5) is 11.5 Å². The van der Waals surface area contributed by atoms with Crippen molar-refractivity contribution in [1.82, 2.24) is 4.98 Å². The van der Waals surface area contributed by atoms with Gasteiger partial charge in [-0.1, -0.05) is 11.6 Å². The molecule has 0 spiro atoms. The number of pyridine rings is 1. The number of benzene rings is 1. The van der Waals surface area contributed by atoms with E-state index in [9.17, 15) is 8.42 Å². The maximum Gasteiger partial charge on any atom is 0.263 e. The summed E-state index contributed by atoms with van der Waals surface area (Å²) in [5, 5.41) is 3.72. The predicted molar refractivity (Wildman–Crippen MR) is 94.0 cm³/mol. The lowest BCUT2D eigenvalue weighted by Gasteiger charge is -2.12. The van der Waals surface area contributed by atoms with Crippen LogP contribution in [0.25, 0.3) is 0 Å². The van der Waals surface area contributed by atoms with E-state index in [1.54, 1.807) is 18.3 Å². The van der Waals surface area contributed by atoms with Gasteiger partial charge in [0.15, 0.2) is 0 Å². The Hall–Kier alpha value is -1.83. The number of nitrogens with zero attached hydrogens (tertiary/aromatic N) is 1. The number of hydrogen-bond acceptors (Lipinski definition) is 5. The van der Waals surface area contributed by atoms with Gasteiger partial charge < -0.3 is 10.1 Å². The van der Waals surface area contributed by atoms with Gasteiger partial charge in [0.05, 0.1) is 22.9 Å². The fourth-order valence-corrected chi connectivity index (χ4v) is 3.54. The summed E-state index contributed by atoms with van der Waals surface area (Å²) in [4.78, 5) is 4.27. The molecule has 1 aliphatic rings.